The standard InChI is InChI=1S/C23H31N3O3/c1-3-25(4-2)13-18-29-22-8-6-5-7-21(22)24-23(27)19-9-11-20(12-10-19)26-14-16-28-17-15-26/h5-12H,3-4,13-18H2,1-2H3,(H,24,27). The number of carbonyl (C=O) groups excluding carboxylic acids is 1. The van der Waals surface area contributed by atoms with Gasteiger partial charge < -0.3 is 24.6 Å². The number of rotatable bonds is 9. The van der Waals surface area contributed by atoms with Gasteiger partial charge in [0.25, 0.3) is 5.91 Å². The molecule has 29 heavy (non-hydrogen) atoms. The molecule has 6 heteroatoms. The summed E-state index contributed by atoms with van der Waals surface area (Å²) in [5.74, 6) is 0.552. The van der Waals surface area contributed by atoms with Crippen LogP contribution in [0.5, 0.6) is 5.75 Å². The van der Waals surface area contributed by atoms with E-state index in [1.165, 1.54) is 0 Å². The molecule has 1 fully saturated rings. The molecule has 1 N–H and O–H groups in total. The fraction of sp³-hybridized carbons (Fsp3) is 0.435. The summed E-state index contributed by atoms with van der Waals surface area (Å²) in [6.07, 6.45) is 0. The van der Waals surface area contributed by atoms with E-state index in [-0.39, 0.29) is 5.91 Å². The molecule has 1 saturated heterocycles. The van der Waals surface area contributed by atoms with Gasteiger partial charge in [-0.05, 0) is 49.5 Å². The van der Waals surface area contributed by atoms with E-state index in [0.717, 1.165) is 51.6 Å². The number of ether oxygens (including phenoxy) is 2. The molecule has 2 aromatic carbocycles. The van der Waals surface area contributed by atoms with Crippen molar-refractivity contribution in [1.82, 2.24) is 4.90 Å². The van der Waals surface area contributed by atoms with Crippen LogP contribution < -0.4 is 15.0 Å². The predicted octanol–water partition coefficient (Wildman–Crippen LogP) is 3.50. The van der Waals surface area contributed by atoms with Crippen LogP contribution in [0.4, 0.5) is 11.4 Å². The maximum Gasteiger partial charge on any atom is 0.255 e. The van der Waals surface area contributed by atoms with Gasteiger partial charge in [0, 0.05) is 30.9 Å². The van der Waals surface area contributed by atoms with Crippen molar-refractivity contribution in [2.24, 2.45) is 0 Å². The van der Waals surface area contributed by atoms with Gasteiger partial charge in [-0.2, -0.15) is 0 Å². The topological polar surface area (TPSA) is 54.0 Å². The molecule has 0 aliphatic carbocycles. The van der Waals surface area contributed by atoms with Crippen LogP contribution in [0.3, 0.4) is 0 Å². The zero-order chi connectivity index (χ0) is 20.5. The van der Waals surface area contributed by atoms with Crippen LogP contribution >= 0.6 is 0 Å². The van der Waals surface area contributed by atoms with E-state index >= 15 is 0 Å². The van der Waals surface area contributed by atoms with Gasteiger partial charge in [0.1, 0.15) is 12.4 Å². The summed E-state index contributed by atoms with van der Waals surface area (Å²) in [4.78, 5) is 17.3. The van der Waals surface area contributed by atoms with Crippen molar-refractivity contribution in [3.05, 3.63) is 54.1 Å². The van der Waals surface area contributed by atoms with Gasteiger partial charge in [0.2, 0.25) is 0 Å². The second kappa shape index (κ2) is 10.8. The highest BCUT2D eigenvalue weighted by Crippen LogP contribution is 2.25. The van der Waals surface area contributed by atoms with E-state index in [4.69, 9.17) is 9.47 Å². The molecule has 0 spiro atoms. The highest BCUT2D eigenvalue weighted by Gasteiger charge is 2.13. The van der Waals surface area contributed by atoms with Crippen LogP contribution in [0.2, 0.25) is 0 Å². The summed E-state index contributed by atoms with van der Waals surface area (Å²) >= 11 is 0. The Labute approximate surface area is 173 Å². The first-order valence-corrected chi connectivity index (χ1v) is 10.4. The number of nitrogens with one attached hydrogen (secondary N) is 1. The average molecular weight is 398 g/mol. The number of likely N-dealkylation sites (N-methyl/N-ethyl adjacent to an activating group) is 1. The smallest absolute Gasteiger partial charge is 0.255 e. The first kappa shape index (κ1) is 21.1. The van der Waals surface area contributed by atoms with E-state index in [2.05, 4.69) is 29.0 Å². The van der Waals surface area contributed by atoms with Crippen LogP contribution in [-0.2, 0) is 4.74 Å². The van der Waals surface area contributed by atoms with Crippen molar-refractivity contribution in [3.63, 3.8) is 0 Å². The minimum Gasteiger partial charge on any atom is -0.490 e. The number of carbonyl (C=O) groups is 1. The molecule has 156 valence electrons. The minimum absolute atomic E-state index is 0.140. The first-order valence-electron chi connectivity index (χ1n) is 10.4. The molecule has 0 unspecified atom stereocenters. The van der Waals surface area contributed by atoms with Crippen molar-refractivity contribution in [2.75, 3.05) is 62.8 Å². The van der Waals surface area contributed by atoms with Gasteiger partial charge in [-0.15, -0.1) is 0 Å². The van der Waals surface area contributed by atoms with Crippen LogP contribution in [0.15, 0.2) is 48.5 Å². The lowest BCUT2D eigenvalue weighted by molar-refractivity contribution is 0.102. The Bertz CT molecular complexity index is 769. The van der Waals surface area contributed by atoms with Gasteiger partial charge in [0.15, 0.2) is 0 Å². The number of nitrogens with zero attached hydrogens (tertiary/aromatic N) is 2. The summed E-state index contributed by atoms with van der Waals surface area (Å²) in [6.45, 7) is 11.0. The zero-order valence-electron chi connectivity index (χ0n) is 17.4. The number of para-hydroxylation sites is 2. The van der Waals surface area contributed by atoms with Crippen molar-refractivity contribution in [2.45, 2.75) is 13.8 Å². The number of hydrogen-bond acceptors (Lipinski definition) is 5. The Morgan fingerprint density at radius 2 is 1.76 bits per heavy atom. The molecule has 0 bridgehead atoms. The molecular weight excluding hydrogens is 366 g/mol. The van der Waals surface area contributed by atoms with Crippen LogP contribution in [0.25, 0.3) is 0 Å². The molecular formula is C23H31N3O3. The number of hydrogen-bond donors (Lipinski definition) is 1. The fourth-order valence-electron chi connectivity index (χ4n) is 3.36. The highest BCUT2D eigenvalue weighted by molar-refractivity contribution is 6.05. The Hall–Kier alpha value is -2.57. The molecule has 1 heterocycles. The summed E-state index contributed by atoms with van der Waals surface area (Å²) < 4.78 is 11.3. The molecule has 0 aromatic heterocycles. The van der Waals surface area contributed by atoms with Crippen molar-refractivity contribution >= 4 is 17.3 Å². The number of morpholine rings is 1. The maximum atomic E-state index is 12.7. The summed E-state index contributed by atoms with van der Waals surface area (Å²) in [6, 6.07) is 15.3. The Kier molecular flexibility index (Phi) is 7.90. The minimum atomic E-state index is -0.140. The predicted molar refractivity (Wildman–Crippen MR) is 117 cm³/mol. The van der Waals surface area contributed by atoms with Gasteiger partial charge in [-0.1, -0.05) is 26.0 Å². The third kappa shape index (κ3) is 5.95. The molecule has 1 aliphatic heterocycles. The molecule has 2 aromatic rings. The molecule has 0 saturated carbocycles. The second-order valence-corrected chi connectivity index (χ2v) is 6.97. The molecule has 6 nitrogen and oxygen atoms in total. The van der Waals surface area contributed by atoms with E-state index in [1.54, 1.807) is 0 Å². The largest absolute Gasteiger partial charge is 0.490 e. The van der Waals surface area contributed by atoms with E-state index < -0.39 is 0 Å². The van der Waals surface area contributed by atoms with Crippen molar-refractivity contribution in [1.29, 1.82) is 0 Å². The lowest BCUT2D eigenvalue weighted by Crippen LogP contribution is -2.36. The molecule has 0 atom stereocenters. The van der Waals surface area contributed by atoms with E-state index in [9.17, 15) is 4.79 Å². The molecule has 1 aliphatic rings. The van der Waals surface area contributed by atoms with Gasteiger partial charge in [0.05, 0.1) is 18.9 Å². The molecule has 3 rings (SSSR count). The molecule has 0 radical (unpaired) electrons. The van der Waals surface area contributed by atoms with Gasteiger partial charge in [-0.3, -0.25) is 4.79 Å². The lowest BCUT2D eigenvalue weighted by atomic mass is 10.1. The molecule has 1 amide bonds. The number of benzene rings is 2. The van der Waals surface area contributed by atoms with E-state index in [0.29, 0.717) is 23.6 Å². The Balaban J connectivity index is 1.60. The van der Waals surface area contributed by atoms with E-state index in [1.807, 2.05) is 48.5 Å². The van der Waals surface area contributed by atoms with Crippen LogP contribution in [-0.4, -0.2) is 63.4 Å². The lowest BCUT2D eigenvalue weighted by Gasteiger charge is -2.28. The normalized spacial score (nSPS) is 14.1. The van der Waals surface area contributed by atoms with Gasteiger partial charge >= 0.3 is 0 Å². The zero-order valence-corrected chi connectivity index (χ0v) is 17.4. The summed E-state index contributed by atoms with van der Waals surface area (Å²) in [5.41, 5.74) is 2.43. The first-order chi connectivity index (χ1) is 14.2. The van der Waals surface area contributed by atoms with Crippen molar-refractivity contribution < 1.29 is 14.3 Å². The Morgan fingerprint density at radius 1 is 1.07 bits per heavy atom. The maximum absolute atomic E-state index is 12.7. The van der Waals surface area contributed by atoms with Crippen LogP contribution in [0.1, 0.15) is 24.2 Å². The summed E-state index contributed by atoms with van der Waals surface area (Å²) in [7, 11) is 0. The third-order valence-corrected chi connectivity index (χ3v) is 5.20. The fourth-order valence-corrected chi connectivity index (χ4v) is 3.36. The SMILES string of the molecule is CCN(CC)CCOc1ccccc1NC(=O)c1ccc(N2CCOCC2)cc1. The average Bonchev–Trinajstić information content (AvgIpc) is 2.78. The Morgan fingerprint density at radius 3 is 2.45 bits per heavy atom. The quantitative estimate of drug-likeness (QED) is 0.702. The number of amides is 1. The highest BCUT2D eigenvalue weighted by atomic mass is 16.5. The number of anilines is 2. The monoisotopic (exact) mass is 397 g/mol. The van der Waals surface area contributed by atoms with Gasteiger partial charge in [-0.25, -0.2) is 0 Å². The second-order valence-electron chi connectivity index (χ2n) is 6.97. The summed E-state index contributed by atoms with van der Waals surface area (Å²) in [5, 5.41) is 2.98. The van der Waals surface area contributed by atoms with Crippen molar-refractivity contribution in [3.8, 4) is 5.75 Å². The van der Waals surface area contributed by atoms with Crippen LogP contribution in [0, 0.1) is 0 Å². The third-order valence-electron chi connectivity index (χ3n) is 5.20.